The lowest BCUT2D eigenvalue weighted by molar-refractivity contribution is -0.130. The largest absolute Gasteiger partial charge is 0.357 e. The van der Waals surface area contributed by atoms with Gasteiger partial charge in [-0.15, -0.1) is 0 Å². The van der Waals surface area contributed by atoms with Crippen LogP contribution < -0.4 is 11.2 Å². The molecular weight excluding hydrogens is 359 g/mol. The highest BCUT2D eigenvalue weighted by Crippen LogP contribution is 2.64. The molecule has 0 aromatic carbocycles. The quantitative estimate of drug-likeness (QED) is 0.613. The second kappa shape index (κ2) is 6.75. The van der Waals surface area contributed by atoms with E-state index in [9.17, 15) is 23.9 Å². The zero-order valence-corrected chi connectivity index (χ0v) is 17.0. The topological polar surface area (TPSA) is 122 Å². The van der Waals surface area contributed by atoms with E-state index in [2.05, 4.69) is 4.98 Å². The molecule has 0 bridgehead atoms. The number of rotatable bonds is 7. The van der Waals surface area contributed by atoms with Gasteiger partial charge in [0.25, 0.3) is 5.56 Å². The molecular formula is C17H29N2O6P. The summed E-state index contributed by atoms with van der Waals surface area (Å²) < 4.78 is 19.7. The molecule has 1 aromatic rings. The lowest BCUT2D eigenvalue weighted by atomic mass is 9.94. The van der Waals surface area contributed by atoms with Gasteiger partial charge in [-0.05, 0) is 31.1 Å². The number of nitrogens with one attached hydrogen (secondary N) is 1. The molecule has 1 fully saturated rings. The SMILES string of the molecule is Cc1c[nH]c(=O)n(CC2(OC(C(C)C)(C(C)C)P(=O)(O)O)CC2C)c1=O. The molecule has 0 spiro atoms. The molecule has 8 nitrogen and oxygen atoms in total. The minimum Gasteiger partial charge on any atom is -0.353 e. The van der Waals surface area contributed by atoms with Crippen molar-refractivity contribution < 1.29 is 19.1 Å². The molecule has 0 saturated heterocycles. The van der Waals surface area contributed by atoms with E-state index in [1.54, 1.807) is 34.6 Å². The van der Waals surface area contributed by atoms with Crippen LogP contribution in [0.5, 0.6) is 0 Å². The van der Waals surface area contributed by atoms with Crippen molar-refractivity contribution in [3.63, 3.8) is 0 Å². The normalized spacial score (nSPS) is 23.7. The van der Waals surface area contributed by atoms with Crippen molar-refractivity contribution in [3.8, 4) is 0 Å². The molecule has 0 amide bonds. The summed E-state index contributed by atoms with van der Waals surface area (Å²) in [6, 6.07) is 0. The molecule has 0 radical (unpaired) electrons. The number of H-pyrrole nitrogens is 1. The van der Waals surface area contributed by atoms with E-state index < -0.39 is 41.6 Å². The average Bonchev–Trinajstić information content (AvgIpc) is 3.13. The van der Waals surface area contributed by atoms with Crippen LogP contribution >= 0.6 is 7.60 Å². The third kappa shape index (κ3) is 3.36. The molecule has 3 N–H and O–H groups in total. The predicted octanol–water partition coefficient (Wildman–Crippen LogP) is 1.83. The minimum absolute atomic E-state index is 0.0299. The van der Waals surface area contributed by atoms with E-state index in [0.29, 0.717) is 12.0 Å². The zero-order chi connectivity index (χ0) is 20.1. The predicted molar refractivity (Wildman–Crippen MR) is 98.1 cm³/mol. The lowest BCUT2D eigenvalue weighted by Gasteiger charge is -2.44. The first-order valence-corrected chi connectivity index (χ1v) is 10.4. The minimum atomic E-state index is -4.64. The fourth-order valence-electron chi connectivity index (χ4n) is 3.84. The van der Waals surface area contributed by atoms with Crippen LogP contribution in [0.3, 0.4) is 0 Å². The van der Waals surface area contributed by atoms with Crippen LogP contribution in [0.1, 0.15) is 46.6 Å². The van der Waals surface area contributed by atoms with E-state index in [0.717, 1.165) is 4.57 Å². The highest BCUT2D eigenvalue weighted by atomic mass is 31.2. The maximum absolute atomic E-state index is 12.4. The van der Waals surface area contributed by atoms with Gasteiger partial charge >= 0.3 is 13.3 Å². The Morgan fingerprint density at radius 2 is 1.85 bits per heavy atom. The summed E-state index contributed by atoms with van der Waals surface area (Å²) in [7, 11) is -4.64. The molecule has 148 valence electrons. The Morgan fingerprint density at radius 3 is 2.23 bits per heavy atom. The summed E-state index contributed by atoms with van der Waals surface area (Å²) >= 11 is 0. The Balaban J connectivity index is 2.51. The van der Waals surface area contributed by atoms with Crippen molar-refractivity contribution in [3.05, 3.63) is 32.6 Å². The number of ether oxygens (including phenoxy) is 1. The average molecular weight is 388 g/mol. The number of nitrogens with zero attached hydrogens (tertiary/aromatic N) is 1. The van der Waals surface area contributed by atoms with Gasteiger partial charge in [0.05, 0.1) is 12.1 Å². The first-order chi connectivity index (χ1) is 11.8. The van der Waals surface area contributed by atoms with Crippen molar-refractivity contribution >= 4 is 7.60 Å². The number of hydrogen-bond acceptors (Lipinski definition) is 4. The van der Waals surface area contributed by atoms with Crippen molar-refractivity contribution in [1.29, 1.82) is 0 Å². The summed E-state index contributed by atoms with van der Waals surface area (Å²) in [6.07, 6.45) is 1.88. The molecule has 26 heavy (non-hydrogen) atoms. The molecule has 1 aliphatic carbocycles. The molecule has 0 aliphatic heterocycles. The second-order valence-electron chi connectivity index (χ2n) is 8.05. The molecule has 1 heterocycles. The maximum atomic E-state index is 12.4. The second-order valence-corrected chi connectivity index (χ2v) is 9.83. The first kappa shape index (κ1) is 21.1. The van der Waals surface area contributed by atoms with E-state index in [1.807, 2.05) is 6.92 Å². The Bertz CT molecular complexity index is 828. The Kier molecular flexibility index (Phi) is 5.48. The Morgan fingerprint density at radius 1 is 1.35 bits per heavy atom. The van der Waals surface area contributed by atoms with E-state index >= 15 is 0 Å². The van der Waals surface area contributed by atoms with E-state index in [4.69, 9.17) is 4.74 Å². The van der Waals surface area contributed by atoms with E-state index in [1.165, 1.54) is 6.20 Å². The van der Waals surface area contributed by atoms with Crippen molar-refractivity contribution in [2.45, 2.75) is 65.5 Å². The zero-order valence-electron chi connectivity index (χ0n) is 16.1. The number of aromatic amines is 1. The summed E-state index contributed by atoms with van der Waals surface area (Å²) in [5, 5.41) is -1.68. The summed E-state index contributed by atoms with van der Waals surface area (Å²) in [5.74, 6) is -0.946. The Hall–Kier alpha value is -1.21. The van der Waals surface area contributed by atoms with Crippen molar-refractivity contribution in [2.75, 3.05) is 0 Å². The molecule has 9 heteroatoms. The van der Waals surface area contributed by atoms with Gasteiger partial charge in [0.1, 0.15) is 0 Å². The summed E-state index contributed by atoms with van der Waals surface area (Å²) in [4.78, 5) is 47.2. The van der Waals surface area contributed by atoms with Gasteiger partial charge in [0.2, 0.25) is 0 Å². The van der Waals surface area contributed by atoms with Crippen LogP contribution in [0.15, 0.2) is 15.8 Å². The third-order valence-corrected chi connectivity index (χ3v) is 7.57. The fraction of sp³-hybridized carbons (Fsp3) is 0.765. The van der Waals surface area contributed by atoms with Crippen molar-refractivity contribution in [1.82, 2.24) is 9.55 Å². The monoisotopic (exact) mass is 388 g/mol. The maximum Gasteiger partial charge on any atom is 0.357 e. The number of aryl methyl sites for hydroxylation is 1. The van der Waals surface area contributed by atoms with Crippen LogP contribution in [-0.4, -0.2) is 30.3 Å². The first-order valence-electron chi connectivity index (χ1n) is 8.83. The highest BCUT2D eigenvalue weighted by molar-refractivity contribution is 7.53. The molecule has 2 unspecified atom stereocenters. The number of hydrogen-bond donors (Lipinski definition) is 3. The molecule has 2 rings (SSSR count). The Labute approximate surface area is 152 Å². The van der Waals surface area contributed by atoms with Crippen LogP contribution in [0.4, 0.5) is 0 Å². The van der Waals surface area contributed by atoms with Crippen LogP contribution in [-0.2, 0) is 15.8 Å². The summed E-state index contributed by atoms with van der Waals surface area (Å²) in [6.45, 7) is 10.3. The van der Waals surface area contributed by atoms with Gasteiger partial charge in [-0.1, -0.05) is 34.6 Å². The van der Waals surface area contributed by atoms with Crippen LogP contribution in [0.2, 0.25) is 0 Å². The van der Waals surface area contributed by atoms with Gasteiger partial charge in [-0.2, -0.15) is 0 Å². The van der Waals surface area contributed by atoms with Crippen LogP contribution in [0, 0.1) is 24.7 Å². The van der Waals surface area contributed by atoms with Crippen molar-refractivity contribution in [2.24, 2.45) is 17.8 Å². The standard InChI is InChI=1S/C17H29N2O6P/c1-10(2)17(11(3)4,26(22,23)24)25-16(7-13(16)6)9-19-14(20)12(5)8-18-15(19)21/h8,10-11,13H,7,9H2,1-6H3,(H,18,21)(H2,22,23,24). The highest BCUT2D eigenvalue weighted by Gasteiger charge is 2.63. The third-order valence-electron chi connectivity index (χ3n) is 5.53. The molecule has 1 aliphatic rings. The van der Waals surface area contributed by atoms with Gasteiger partial charge < -0.3 is 19.5 Å². The number of aromatic nitrogens is 2. The van der Waals surface area contributed by atoms with Crippen LogP contribution in [0.25, 0.3) is 0 Å². The summed E-state index contributed by atoms with van der Waals surface area (Å²) in [5.41, 5.74) is -1.55. The van der Waals surface area contributed by atoms with Gasteiger partial charge in [0.15, 0.2) is 5.34 Å². The van der Waals surface area contributed by atoms with Gasteiger partial charge in [-0.3, -0.25) is 13.9 Å². The molecule has 1 aromatic heterocycles. The van der Waals surface area contributed by atoms with Gasteiger partial charge in [0, 0.05) is 11.8 Å². The lowest BCUT2D eigenvalue weighted by Crippen LogP contribution is -2.50. The molecule has 2 atom stereocenters. The smallest absolute Gasteiger partial charge is 0.353 e. The van der Waals surface area contributed by atoms with E-state index in [-0.39, 0.29) is 12.5 Å². The fourth-order valence-corrected chi connectivity index (χ4v) is 5.49. The molecule has 1 saturated carbocycles. The van der Waals surface area contributed by atoms with Gasteiger partial charge in [-0.25, -0.2) is 4.79 Å².